The third-order valence-corrected chi connectivity index (χ3v) is 6.22. The summed E-state index contributed by atoms with van der Waals surface area (Å²) in [5, 5.41) is 0.664. The Hall–Kier alpha value is -3.49. The Bertz CT molecular complexity index is 1420. The molecule has 1 aliphatic rings. The molecule has 0 aliphatic carbocycles. The van der Waals surface area contributed by atoms with Crippen LogP contribution in [0.2, 0.25) is 5.02 Å². The predicted molar refractivity (Wildman–Crippen MR) is 128 cm³/mol. The van der Waals surface area contributed by atoms with Crippen LogP contribution in [0.15, 0.2) is 71.5 Å². The van der Waals surface area contributed by atoms with Gasteiger partial charge in [-0.2, -0.15) is 13.2 Å². The summed E-state index contributed by atoms with van der Waals surface area (Å²) in [6.07, 6.45) is -3.86. The molecule has 5 nitrogen and oxygen atoms in total. The zero-order chi connectivity index (χ0) is 24.6. The van der Waals surface area contributed by atoms with Gasteiger partial charge in [0.2, 0.25) is 0 Å². The third-order valence-electron chi connectivity index (χ3n) is 5.97. The highest BCUT2D eigenvalue weighted by molar-refractivity contribution is 6.30. The highest BCUT2D eigenvalue weighted by Gasteiger charge is 2.30. The molecular formula is C26H20ClF3N4O. The number of benzene rings is 2. The van der Waals surface area contributed by atoms with E-state index in [1.807, 2.05) is 42.5 Å². The molecule has 0 amide bonds. The number of pyridine rings is 1. The molecule has 0 radical (unpaired) electrons. The molecule has 1 N–H and O–H groups in total. The van der Waals surface area contributed by atoms with Gasteiger partial charge in [0, 0.05) is 42.2 Å². The molecule has 2 aromatic heterocycles. The van der Waals surface area contributed by atoms with Crippen molar-refractivity contribution in [2.45, 2.75) is 25.7 Å². The van der Waals surface area contributed by atoms with Gasteiger partial charge < -0.3 is 4.98 Å². The standard InChI is InChI=1S/C26H20ClF3N4O/c27-19-10-6-16(7-11-19)22-3-1-2-20(31-22)14-34-13-12-23-21(15-34)25(35)33-24(32-23)17-4-8-18(9-5-17)26(28,29)30/h1-11H,12-15H2,(H,32,33,35). The van der Waals surface area contributed by atoms with Gasteiger partial charge in [0.15, 0.2) is 0 Å². The van der Waals surface area contributed by atoms with E-state index in [0.717, 1.165) is 29.1 Å². The summed E-state index contributed by atoms with van der Waals surface area (Å²) in [6, 6.07) is 18.0. The van der Waals surface area contributed by atoms with Gasteiger partial charge in [-0.1, -0.05) is 41.9 Å². The zero-order valence-corrected chi connectivity index (χ0v) is 19.2. The molecule has 0 fully saturated rings. The van der Waals surface area contributed by atoms with E-state index in [-0.39, 0.29) is 11.4 Å². The second-order valence-electron chi connectivity index (χ2n) is 8.40. The number of aromatic amines is 1. The topological polar surface area (TPSA) is 61.9 Å². The molecular weight excluding hydrogens is 477 g/mol. The van der Waals surface area contributed by atoms with Crippen LogP contribution in [0.5, 0.6) is 0 Å². The number of fused-ring (bicyclic) bond motifs is 1. The first-order valence-corrected chi connectivity index (χ1v) is 11.4. The molecule has 0 spiro atoms. The van der Waals surface area contributed by atoms with Crippen molar-refractivity contribution in [1.82, 2.24) is 19.9 Å². The monoisotopic (exact) mass is 496 g/mol. The number of aromatic nitrogens is 3. The Morgan fingerprint density at radius 3 is 2.37 bits per heavy atom. The van der Waals surface area contributed by atoms with E-state index in [2.05, 4.69) is 14.9 Å². The van der Waals surface area contributed by atoms with Gasteiger partial charge in [-0.15, -0.1) is 0 Å². The normalized spacial score (nSPS) is 14.1. The fourth-order valence-electron chi connectivity index (χ4n) is 4.15. The van der Waals surface area contributed by atoms with Crippen LogP contribution in [0.4, 0.5) is 13.2 Å². The summed E-state index contributed by atoms with van der Waals surface area (Å²) in [7, 11) is 0. The van der Waals surface area contributed by atoms with Crippen molar-refractivity contribution < 1.29 is 13.2 Å². The van der Waals surface area contributed by atoms with Crippen molar-refractivity contribution in [3.8, 4) is 22.6 Å². The molecule has 4 aromatic rings. The average molecular weight is 497 g/mol. The lowest BCUT2D eigenvalue weighted by Crippen LogP contribution is -2.35. The largest absolute Gasteiger partial charge is 0.416 e. The maximum absolute atomic E-state index is 12.8. The molecule has 0 saturated carbocycles. The molecule has 5 rings (SSSR count). The summed E-state index contributed by atoms with van der Waals surface area (Å²) in [4.78, 5) is 27.0. The summed E-state index contributed by atoms with van der Waals surface area (Å²) >= 11 is 5.98. The van der Waals surface area contributed by atoms with Gasteiger partial charge >= 0.3 is 6.18 Å². The molecule has 0 unspecified atom stereocenters. The first-order valence-electron chi connectivity index (χ1n) is 11.0. The average Bonchev–Trinajstić information content (AvgIpc) is 2.84. The predicted octanol–water partition coefficient (Wildman–Crippen LogP) is 5.73. The van der Waals surface area contributed by atoms with Crippen molar-refractivity contribution >= 4 is 11.6 Å². The van der Waals surface area contributed by atoms with E-state index in [0.29, 0.717) is 47.9 Å². The Morgan fingerprint density at radius 2 is 1.66 bits per heavy atom. The van der Waals surface area contributed by atoms with Crippen LogP contribution in [0.3, 0.4) is 0 Å². The van der Waals surface area contributed by atoms with E-state index in [4.69, 9.17) is 16.6 Å². The van der Waals surface area contributed by atoms with E-state index in [9.17, 15) is 18.0 Å². The molecule has 0 bridgehead atoms. The number of nitrogens with zero attached hydrogens (tertiary/aromatic N) is 3. The van der Waals surface area contributed by atoms with Crippen molar-refractivity contribution in [3.05, 3.63) is 105 Å². The summed E-state index contributed by atoms with van der Waals surface area (Å²) in [6.45, 7) is 1.67. The molecule has 9 heteroatoms. The first-order chi connectivity index (χ1) is 16.8. The lowest BCUT2D eigenvalue weighted by molar-refractivity contribution is -0.137. The second-order valence-corrected chi connectivity index (χ2v) is 8.83. The van der Waals surface area contributed by atoms with Crippen molar-refractivity contribution in [1.29, 1.82) is 0 Å². The molecule has 3 heterocycles. The third kappa shape index (κ3) is 5.13. The van der Waals surface area contributed by atoms with Gasteiger partial charge in [0.1, 0.15) is 5.82 Å². The van der Waals surface area contributed by atoms with Crippen molar-refractivity contribution in [2.24, 2.45) is 0 Å². The number of alkyl halides is 3. The summed E-state index contributed by atoms with van der Waals surface area (Å²) in [5.74, 6) is 0.272. The highest BCUT2D eigenvalue weighted by atomic mass is 35.5. The van der Waals surface area contributed by atoms with Crippen LogP contribution in [0.1, 0.15) is 22.5 Å². The molecule has 0 saturated heterocycles. The zero-order valence-electron chi connectivity index (χ0n) is 18.4. The fourth-order valence-corrected chi connectivity index (χ4v) is 4.27. The van der Waals surface area contributed by atoms with Gasteiger partial charge in [-0.05, 0) is 36.4 Å². The second kappa shape index (κ2) is 9.28. The molecule has 178 valence electrons. The van der Waals surface area contributed by atoms with E-state index < -0.39 is 11.7 Å². The summed E-state index contributed by atoms with van der Waals surface area (Å²) in [5.41, 5.74) is 3.34. The first kappa shape index (κ1) is 23.3. The van der Waals surface area contributed by atoms with Crippen LogP contribution < -0.4 is 5.56 Å². The minimum absolute atomic E-state index is 0.272. The number of rotatable bonds is 4. The van der Waals surface area contributed by atoms with Gasteiger partial charge in [0.05, 0.1) is 28.2 Å². The van der Waals surface area contributed by atoms with E-state index in [1.165, 1.54) is 12.1 Å². The number of hydrogen-bond donors (Lipinski definition) is 1. The number of hydrogen-bond acceptors (Lipinski definition) is 4. The summed E-state index contributed by atoms with van der Waals surface area (Å²) < 4.78 is 38.5. The van der Waals surface area contributed by atoms with Crippen LogP contribution in [0, 0.1) is 0 Å². The van der Waals surface area contributed by atoms with Gasteiger partial charge in [-0.3, -0.25) is 14.7 Å². The molecule has 35 heavy (non-hydrogen) atoms. The minimum Gasteiger partial charge on any atom is -0.306 e. The van der Waals surface area contributed by atoms with Gasteiger partial charge in [-0.25, -0.2) is 4.98 Å². The SMILES string of the molecule is O=c1[nH]c(-c2ccc(C(F)(F)F)cc2)nc2c1CN(Cc1cccc(-c3ccc(Cl)cc3)n1)CC2. The molecule has 2 aromatic carbocycles. The molecule has 0 atom stereocenters. The Labute approximate surface area is 204 Å². The number of H-pyrrole nitrogens is 1. The highest BCUT2D eigenvalue weighted by Crippen LogP contribution is 2.30. The minimum atomic E-state index is -4.41. The van der Waals surface area contributed by atoms with Crippen molar-refractivity contribution in [3.63, 3.8) is 0 Å². The lowest BCUT2D eigenvalue weighted by atomic mass is 10.1. The maximum atomic E-state index is 12.8. The number of halogens is 4. The van der Waals surface area contributed by atoms with Crippen LogP contribution in [0.25, 0.3) is 22.6 Å². The van der Waals surface area contributed by atoms with Crippen LogP contribution in [-0.4, -0.2) is 26.4 Å². The van der Waals surface area contributed by atoms with Gasteiger partial charge in [0.25, 0.3) is 5.56 Å². The maximum Gasteiger partial charge on any atom is 0.416 e. The molecule has 1 aliphatic heterocycles. The van der Waals surface area contributed by atoms with Crippen molar-refractivity contribution in [2.75, 3.05) is 6.54 Å². The van der Waals surface area contributed by atoms with E-state index >= 15 is 0 Å². The van der Waals surface area contributed by atoms with Crippen LogP contribution >= 0.6 is 11.6 Å². The lowest BCUT2D eigenvalue weighted by Gasteiger charge is -2.27. The Kier molecular flexibility index (Phi) is 6.17. The Morgan fingerprint density at radius 1 is 0.943 bits per heavy atom. The Balaban J connectivity index is 1.33. The smallest absolute Gasteiger partial charge is 0.306 e. The number of nitrogens with one attached hydrogen (secondary N) is 1. The quantitative estimate of drug-likeness (QED) is 0.392. The fraction of sp³-hybridized carbons (Fsp3) is 0.192. The van der Waals surface area contributed by atoms with E-state index in [1.54, 1.807) is 0 Å². The van der Waals surface area contributed by atoms with Crippen LogP contribution in [-0.2, 0) is 25.7 Å².